The smallest absolute Gasteiger partial charge is 0.315 e. The molecular formula is C20H25N5O2. The maximum absolute atomic E-state index is 13.3. The van der Waals surface area contributed by atoms with Gasteiger partial charge in [0.05, 0.1) is 6.54 Å². The van der Waals surface area contributed by atoms with Gasteiger partial charge in [-0.3, -0.25) is 9.69 Å². The Morgan fingerprint density at radius 1 is 1.15 bits per heavy atom. The van der Waals surface area contributed by atoms with E-state index in [9.17, 15) is 9.59 Å². The number of carbonyl (C=O) groups is 2. The van der Waals surface area contributed by atoms with Crippen molar-refractivity contribution in [1.29, 1.82) is 0 Å². The van der Waals surface area contributed by atoms with Gasteiger partial charge < -0.3 is 14.7 Å². The summed E-state index contributed by atoms with van der Waals surface area (Å²) in [7, 11) is 1.72. The van der Waals surface area contributed by atoms with Crippen molar-refractivity contribution >= 4 is 17.9 Å². The zero-order valence-electron chi connectivity index (χ0n) is 16.2. The highest BCUT2D eigenvalue weighted by Crippen LogP contribution is 2.34. The fourth-order valence-corrected chi connectivity index (χ4v) is 4.04. The molecule has 4 rings (SSSR count). The number of guanidine groups is 1. The number of hydrogen-bond donors (Lipinski definition) is 0. The topological polar surface area (TPSA) is 59.5 Å². The van der Waals surface area contributed by atoms with Crippen molar-refractivity contribution in [3.05, 3.63) is 47.3 Å². The molecule has 1 fully saturated rings. The summed E-state index contributed by atoms with van der Waals surface area (Å²) < 4.78 is 0. The number of hydrogen-bond acceptors (Lipinski definition) is 5. The Labute approximate surface area is 159 Å². The van der Waals surface area contributed by atoms with Gasteiger partial charge in [-0.15, -0.1) is 0 Å². The van der Waals surface area contributed by atoms with Crippen LogP contribution in [0.5, 0.6) is 0 Å². The first-order chi connectivity index (χ1) is 12.9. The Morgan fingerprint density at radius 2 is 1.93 bits per heavy atom. The third kappa shape index (κ3) is 2.69. The number of amides is 3. The Morgan fingerprint density at radius 3 is 2.63 bits per heavy atom. The predicted molar refractivity (Wildman–Crippen MR) is 102 cm³/mol. The van der Waals surface area contributed by atoms with Gasteiger partial charge in [0.2, 0.25) is 5.96 Å². The van der Waals surface area contributed by atoms with Gasteiger partial charge in [-0.1, -0.05) is 36.8 Å². The molecule has 1 aromatic carbocycles. The van der Waals surface area contributed by atoms with Gasteiger partial charge in [0.15, 0.2) is 12.2 Å². The molecule has 0 saturated carbocycles. The minimum Gasteiger partial charge on any atom is -0.315 e. The quantitative estimate of drug-likeness (QED) is 0.820. The summed E-state index contributed by atoms with van der Waals surface area (Å²) in [6.07, 6.45) is 2.48. The number of allylic oxidation sites excluding steroid dienone is 1. The fraction of sp³-hybridized carbons (Fsp3) is 0.450. The van der Waals surface area contributed by atoms with Crippen LogP contribution < -0.4 is 0 Å². The highest BCUT2D eigenvalue weighted by atomic mass is 16.2. The molecular weight excluding hydrogens is 342 g/mol. The predicted octanol–water partition coefficient (Wildman–Crippen LogP) is 2.34. The number of imide groups is 1. The molecule has 3 aliphatic rings. The van der Waals surface area contributed by atoms with Crippen LogP contribution in [-0.4, -0.2) is 63.3 Å². The second-order valence-corrected chi connectivity index (χ2v) is 7.42. The lowest BCUT2D eigenvalue weighted by Crippen LogP contribution is -2.63. The SMILES string of the molecule is CCCN1C(C)=CN2C1=NC1C2C(=O)N(Cc2cccc(C)c2)C(=O)N1C. The number of likely N-dealkylation sites (N-methyl/N-ethyl adjacent to an activating group) is 1. The molecule has 1 aromatic rings. The molecule has 142 valence electrons. The zero-order valence-corrected chi connectivity index (χ0v) is 16.2. The standard InChI is InChI=1S/C20H25N5O2/c1-5-9-23-14(3)11-24-16-17(21-19(23)24)22(4)20(27)25(18(16)26)12-15-8-6-7-13(2)10-15/h6-8,10-11,16-17H,5,9,12H2,1-4H3. The summed E-state index contributed by atoms with van der Waals surface area (Å²) in [5.74, 6) is 0.584. The first kappa shape index (κ1) is 17.6. The summed E-state index contributed by atoms with van der Waals surface area (Å²) in [6.45, 7) is 7.26. The molecule has 3 aliphatic heterocycles. The normalized spacial score (nSPS) is 24.3. The minimum absolute atomic E-state index is 0.189. The number of rotatable bonds is 4. The van der Waals surface area contributed by atoms with E-state index in [1.54, 1.807) is 11.9 Å². The Balaban J connectivity index is 1.64. The molecule has 3 amide bonds. The van der Waals surface area contributed by atoms with Crippen LogP contribution in [0.25, 0.3) is 0 Å². The van der Waals surface area contributed by atoms with E-state index in [-0.39, 0.29) is 18.5 Å². The summed E-state index contributed by atoms with van der Waals surface area (Å²) in [4.78, 5) is 37.9. The molecule has 27 heavy (non-hydrogen) atoms. The molecule has 2 atom stereocenters. The molecule has 2 unspecified atom stereocenters. The third-order valence-corrected chi connectivity index (χ3v) is 5.37. The van der Waals surface area contributed by atoms with E-state index in [0.717, 1.165) is 35.7 Å². The second-order valence-electron chi connectivity index (χ2n) is 7.42. The van der Waals surface area contributed by atoms with Crippen molar-refractivity contribution in [1.82, 2.24) is 19.6 Å². The van der Waals surface area contributed by atoms with Gasteiger partial charge in [0.25, 0.3) is 5.91 Å². The highest BCUT2D eigenvalue weighted by molar-refractivity contribution is 6.04. The molecule has 0 aromatic heterocycles. The molecule has 1 saturated heterocycles. The molecule has 0 spiro atoms. The zero-order chi connectivity index (χ0) is 19.3. The van der Waals surface area contributed by atoms with Crippen LogP contribution in [0.1, 0.15) is 31.4 Å². The van der Waals surface area contributed by atoms with E-state index < -0.39 is 12.2 Å². The van der Waals surface area contributed by atoms with Gasteiger partial charge in [-0.05, 0) is 25.8 Å². The van der Waals surface area contributed by atoms with Crippen LogP contribution in [0.2, 0.25) is 0 Å². The van der Waals surface area contributed by atoms with Crippen molar-refractivity contribution in [2.24, 2.45) is 4.99 Å². The lowest BCUT2D eigenvalue weighted by atomic mass is 10.1. The molecule has 7 nitrogen and oxygen atoms in total. The van der Waals surface area contributed by atoms with Crippen molar-refractivity contribution < 1.29 is 9.59 Å². The molecule has 7 heteroatoms. The van der Waals surface area contributed by atoms with E-state index in [0.29, 0.717) is 0 Å². The molecule has 0 radical (unpaired) electrons. The van der Waals surface area contributed by atoms with E-state index in [2.05, 4.69) is 11.8 Å². The van der Waals surface area contributed by atoms with E-state index in [1.807, 2.05) is 49.2 Å². The number of aliphatic imine (C=N–C) groups is 1. The second kappa shape index (κ2) is 6.40. The maximum atomic E-state index is 13.3. The lowest BCUT2D eigenvalue weighted by molar-refractivity contribution is -0.137. The van der Waals surface area contributed by atoms with E-state index in [4.69, 9.17) is 4.99 Å². The molecule has 0 N–H and O–H groups in total. The summed E-state index contributed by atoms with van der Waals surface area (Å²) in [5, 5.41) is 0. The maximum Gasteiger partial charge on any atom is 0.328 e. The Hall–Kier alpha value is -2.83. The van der Waals surface area contributed by atoms with Crippen LogP contribution in [-0.2, 0) is 11.3 Å². The van der Waals surface area contributed by atoms with E-state index in [1.165, 1.54) is 4.90 Å². The molecule has 0 aliphatic carbocycles. The van der Waals surface area contributed by atoms with Gasteiger partial charge in [0.1, 0.15) is 0 Å². The van der Waals surface area contributed by atoms with Gasteiger partial charge in [-0.2, -0.15) is 0 Å². The summed E-state index contributed by atoms with van der Waals surface area (Å²) >= 11 is 0. The van der Waals surface area contributed by atoms with Crippen LogP contribution in [0.15, 0.2) is 41.2 Å². The van der Waals surface area contributed by atoms with Crippen LogP contribution in [0.4, 0.5) is 4.79 Å². The number of urea groups is 1. The summed E-state index contributed by atoms with van der Waals surface area (Å²) in [5.41, 5.74) is 3.13. The summed E-state index contributed by atoms with van der Waals surface area (Å²) in [6, 6.07) is 7.11. The van der Waals surface area contributed by atoms with Gasteiger partial charge >= 0.3 is 6.03 Å². The molecule has 3 heterocycles. The number of nitrogens with zero attached hydrogens (tertiary/aromatic N) is 5. The monoisotopic (exact) mass is 367 g/mol. The van der Waals surface area contributed by atoms with Gasteiger partial charge in [-0.25, -0.2) is 9.79 Å². The lowest BCUT2D eigenvalue weighted by Gasteiger charge is -2.40. The first-order valence-electron chi connectivity index (χ1n) is 9.38. The minimum atomic E-state index is -0.496. The van der Waals surface area contributed by atoms with Crippen LogP contribution in [0, 0.1) is 6.92 Å². The Kier molecular flexibility index (Phi) is 4.17. The number of benzene rings is 1. The van der Waals surface area contributed by atoms with Gasteiger partial charge in [0, 0.05) is 25.5 Å². The number of aryl methyl sites for hydroxylation is 1. The average Bonchev–Trinajstić information content (AvgIpc) is 3.14. The van der Waals surface area contributed by atoms with Crippen molar-refractivity contribution in [2.75, 3.05) is 13.6 Å². The number of carbonyl (C=O) groups excluding carboxylic acids is 2. The third-order valence-electron chi connectivity index (χ3n) is 5.37. The van der Waals surface area contributed by atoms with Crippen LogP contribution in [0.3, 0.4) is 0 Å². The fourth-order valence-electron chi connectivity index (χ4n) is 4.04. The largest absolute Gasteiger partial charge is 0.328 e. The van der Waals surface area contributed by atoms with E-state index >= 15 is 0 Å². The van der Waals surface area contributed by atoms with Crippen molar-refractivity contribution in [3.63, 3.8) is 0 Å². The molecule has 0 bridgehead atoms. The van der Waals surface area contributed by atoms with Crippen molar-refractivity contribution in [3.8, 4) is 0 Å². The van der Waals surface area contributed by atoms with Crippen LogP contribution >= 0.6 is 0 Å². The highest BCUT2D eigenvalue weighted by Gasteiger charge is 2.54. The van der Waals surface area contributed by atoms with Crippen molar-refractivity contribution in [2.45, 2.75) is 45.9 Å². The Bertz CT molecular complexity index is 862. The number of fused-ring (bicyclic) bond motifs is 3. The average molecular weight is 367 g/mol. The first-order valence-corrected chi connectivity index (χ1v) is 9.38.